The van der Waals surface area contributed by atoms with Crippen molar-refractivity contribution in [2.75, 3.05) is 20.3 Å². The molecule has 0 saturated heterocycles. The van der Waals surface area contributed by atoms with Crippen LogP contribution in [0.5, 0.6) is 0 Å². The summed E-state index contributed by atoms with van der Waals surface area (Å²) >= 11 is 0. The summed E-state index contributed by atoms with van der Waals surface area (Å²) in [4.78, 5) is 11.5. The van der Waals surface area contributed by atoms with Gasteiger partial charge in [-0.25, -0.2) is 8.87 Å². The third kappa shape index (κ3) is 4.69. The summed E-state index contributed by atoms with van der Waals surface area (Å²) in [6.07, 6.45) is 2.34. The minimum Gasteiger partial charge on any atom is -0.298 e. The van der Waals surface area contributed by atoms with Crippen molar-refractivity contribution >= 4 is 23.7 Å². The molecule has 0 radical (unpaired) electrons. The van der Waals surface area contributed by atoms with E-state index in [1.54, 1.807) is 0 Å². The van der Waals surface area contributed by atoms with Crippen molar-refractivity contribution in [3.63, 3.8) is 0 Å². The van der Waals surface area contributed by atoms with E-state index in [0.29, 0.717) is 7.05 Å². The van der Waals surface area contributed by atoms with Gasteiger partial charge in [0.1, 0.15) is 0 Å². The number of hydrogen-bond acceptors (Lipinski definition) is 6. The van der Waals surface area contributed by atoms with E-state index in [1.165, 1.54) is 12.2 Å². The molecule has 0 rings (SSSR count). The molecule has 0 aliphatic carbocycles. The van der Waals surface area contributed by atoms with Crippen LogP contribution >= 0.6 is 7.60 Å². The SMILES string of the molecule is C=CCOP(=O)(OCC=C)C(=O)N(C)S(=O)(=O)F. The topological polar surface area (TPSA) is 90.0 Å². The molecule has 0 unspecified atom stereocenters. The normalized spacial score (nSPS) is 11.9. The molecular weight excluding hydrogens is 288 g/mol. The average molecular weight is 301 g/mol. The van der Waals surface area contributed by atoms with E-state index in [4.69, 9.17) is 0 Å². The van der Waals surface area contributed by atoms with E-state index in [2.05, 4.69) is 22.2 Å². The quantitative estimate of drug-likeness (QED) is 0.386. The van der Waals surface area contributed by atoms with Crippen LogP contribution < -0.4 is 0 Å². The van der Waals surface area contributed by atoms with Gasteiger partial charge in [-0.05, 0) is 0 Å². The lowest BCUT2D eigenvalue weighted by Gasteiger charge is -2.19. The molecule has 0 N–H and O–H groups in total. The maximum Gasteiger partial charge on any atom is 0.420 e. The first kappa shape index (κ1) is 17.0. The number of nitrogens with zero attached hydrogens (tertiary/aromatic N) is 1. The van der Waals surface area contributed by atoms with Gasteiger partial charge in [-0.15, -0.1) is 13.2 Å². The predicted octanol–water partition coefficient (Wildman–Crippen LogP) is 1.85. The van der Waals surface area contributed by atoms with Gasteiger partial charge in [-0.2, -0.15) is 8.42 Å². The first-order valence-corrected chi connectivity index (χ1v) is 7.41. The summed E-state index contributed by atoms with van der Waals surface area (Å²) in [6.45, 7) is 5.85. The maximum atomic E-state index is 12.6. The summed E-state index contributed by atoms with van der Waals surface area (Å²) in [7, 11) is -9.21. The molecule has 18 heavy (non-hydrogen) atoms. The molecule has 0 aliphatic rings. The van der Waals surface area contributed by atoms with Crippen LogP contribution in [0.4, 0.5) is 8.68 Å². The fourth-order valence-electron chi connectivity index (χ4n) is 0.715. The largest absolute Gasteiger partial charge is 0.420 e. The van der Waals surface area contributed by atoms with Gasteiger partial charge in [0.2, 0.25) is 0 Å². The van der Waals surface area contributed by atoms with Gasteiger partial charge in [0.05, 0.1) is 13.2 Å². The van der Waals surface area contributed by atoms with E-state index in [-0.39, 0.29) is 17.5 Å². The number of rotatable bonds is 8. The monoisotopic (exact) mass is 301 g/mol. The lowest BCUT2D eigenvalue weighted by Crippen LogP contribution is -2.30. The van der Waals surface area contributed by atoms with Crippen LogP contribution in [-0.2, 0) is 24.0 Å². The van der Waals surface area contributed by atoms with Crippen LogP contribution in [0.15, 0.2) is 25.3 Å². The summed E-state index contributed by atoms with van der Waals surface area (Å²) in [5.41, 5.74) is -1.63. The third-order valence-electron chi connectivity index (χ3n) is 1.56. The Morgan fingerprint density at radius 1 is 1.33 bits per heavy atom. The molecule has 1 amide bonds. The van der Waals surface area contributed by atoms with Crippen molar-refractivity contribution in [2.45, 2.75) is 0 Å². The molecule has 0 aromatic rings. The molecule has 104 valence electrons. The molecule has 0 bridgehead atoms. The van der Waals surface area contributed by atoms with Crippen LogP contribution in [0.1, 0.15) is 0 Å². The molecular formula is C8H13FNO6PS. The highest BCUT2D eigenvalue weighted by atomic mass is 32.3. The smallest absolute Gasteiger partial charge is 0.298 e. The average Bonchev–Trinajstić information content (AvgIpc) is 2.30. The lowest BCUT2D eigenvalue weighted by atomic mass is 10.7. The molecule has 10 heteroatoms. The second-order valence-corrected chi connectivity index (χ2v) is 6.12. The highest BCUT2D eigenvalue weighted by molar-refractivity contribution is 7.86. The van der Waals surface area contributed by atoms with Gasteiger partial charge < -0.3 is 0 Å². The van der Waals surface area contributed by atoms with E-state index < -0.39 is 23.7 Å². The van der Waals surface area contributed by atoms with Gasteiger partial charge >= 0.3 is 23.7 Å². The molecule has 0 aromatic heterocycles. The van der Waals surface area contributed by atoms with Crippen molar-refractivity contribution in [1.29, 1.82) is 0 Å². The van der Waals surface area contributed by atoms with Gasteiger partial charge in [0, 0.05) is 7.05 Å². The molecule has 0 spiro atoms. The Hall–Kier alpha value is -1.02. The standard InChI is InChI=1S/C8H13FNO6PS/c1-4-6-15-17(12,16-7-5-2)8(11)10(3)18(9,13)14/h4-5H,1-2,6-7H2,3H3. The first-order chi connectivity index (χ1) is 8.19. The van der Waals surface area contributed by atoms with Crippen molar-refractivity contribution in [1.82, 2.24) is 4.31 Å². The van der Waals surface area contributed by atoms with Gasteiger partial charge in [0.25, 0.3) is 0 Å². The van der Waals surface area contributed by atoms with E-state index >= 15 is 0 Å². The van der Waals surface area contributed by atoms with Crippen LogP contribution in [0.3, 0.4) is 0 Å². The fraction of sp³-hybridized carbons (Fsp3) is 0.375. The van der Waals surface area contributed by atoms with Crippen LogP contribution in [-0.4, -0.2) is 38.6 Å². The van der Waals surface area contributed by atoms with Crippen molar-refractivity contribution < 1.29 is 30.7 Å². The third-order valence-corrected chi connectivity index (χ3v) is 4.26. The summed E-state index contributed by atoms with van der Waals surface area (Å²) in [6, 6.07) is 0. The Morgan fingerprint density at radius 3 is 2.00 bits per heavy atom. The predicted molar refractivity (Wildman–Crippen MR) is 63.1 cm³/mol. The Labute approximate surface area is 105 Å². The van der Waals surface area contributed by atoms with E-state index in [9.17, 15) is 21.7 Å². The number of hydrogen-bond donors (Lipinski definition) is 0. The Morgan fingerprint density at radius 2 is 1.72 bits per heavy atom. The summed E-state index contributed by atoms with van der Waals surface area (Å²) in [5, 5.41) is 0. The van der Waals surface area contributed by atoms with E-state index in [1.807, 2.05) is 0 Å². The minimum atomic E-state index is -5.34. The zero-order valence-corrected chi connectivity index (χ0v) is 11.3. The molecule has 0 fully saturated rings. The number of amides is 1. The van der Waals surface area contributed by atoms with Crippen molar-refractivity contribution in [3.05, 3.63) is 25.3 Å². The summed E-state index contributed by atoms with van der Waals surface area (Å²) in [5.74, 6) is 0. The zero-order chi connectivity index (χ0) is 14.4. The Balaban J connectivity index is 5.18. The second-order valence-electron chi connectivity index (χ2n) is 2.86. The molecule has 7 nitrogen and oxygen atoms in total. The lowest BCUT2D eigenvalue weighted by molar-refractivity contribution is 0.209. The van der Waals surface area contributed by atoms with Crippen molar-refractivity contribution in [2.24, 2.45) is 0 Å². The minimum absolute atomic E-state index is 0.333. The molecule has 0 heterocycles. The molecule has 0 atom stereocenters. The second kappa shape index (κ2) is 6.79. The zero-order valence-electron chi connectivity index (χ0n) is 9.61. The van der Waals surface area contributed by atoms with Crippen LogP contribution in [0.2, 0.25) is 0 Å². The molecule has 0 aromatic carbocycles. The maximum absolute atomic E-state index is 12.6. The van der Waals surface area contributed by atoms with Gasteiger partial charge in [0.15, 0.2) is 0 Å². The fourth-order valence-corrected chi connectivity index (χ4v) is 2.74. The molecule has 0 aliphatic heterocycles. The number of halogens is 1. The highest BCUT2D eigenvalue weighted by Crippen LogP contribution is 2.50. The Bertz CT molecular complexity index is 460. The van der Waals surface area contributed by atoms with Gasteiger partial charge in [-0.3, -0.25) is 13.8 Å². The Kier molecular flexibility index (Phi) is 6.41. The molecule has 0 saturated carbocycles. The van der Waals surface area contributed by atoms with Crippen LogP contribution in [0.25, 0.3) is 0 Å². The van der Waals surface area contributed by atoms with Crippen molar-refractivity contribution in [3.8, 4) is 0 Å². The number of carbonyl (C=O) groups excluding carboxylic acids is 1. The van der Waals surface area contributed by atoms with E-state index in [0.717, 1.165) is 0 Å². The van der Waals surface area contributed by atoms with Crippen LogP contribution in [0, 0.1) is 0 Å². The highest BCUT2D eigenvalue weighted by Gasteiger charge is 2.41. The van der Waals surface area contributed by atoms with Gasteiger partial charge in [-0.1, -0.05) is 16.0 Å². The first-order valence-electron chi connectivity index (χ1n) is 4.53. The number of carbonyl (C=O) groups is 1. The summed E-state index contributed by atoms with van der Waals surface area (Å²) < 4.78 is 54.5.